The highest BCUT2D eigenvalue weighted by atomic mass is 19.4. The number of rotatable bonds is 3. The van der Waals surface area contributed by atoms with E-state index in [9.17, 15) is 22.8 Å². The van der Waals surface area contributed by atoms with Gasteiger partial charge in [-0.3, -0.25) is 14.5 Å². The van der Waals surface area contributed by atoms with Crippen molar-refractivity contribution in [1.29, 1.82) is 0 Å². The first-order valence-corrected chi connectivity index (χ1v) is 10.5. The second-order valence-electron chi connectivity index (χ2n) is 8.70. The van der Waals surface area contributed by atoms with E-state index in [1.54, 1.807) is 0 Å². The van der Waals surface area contributed by atoms with E-state index in [0.29, 0.717) is 24.7 Å². The van der Waals surface area contributed by atoms with Crippen LogP contribution in [0.25, 0.3) is 0 Å². The molecule has 2 amide bonds. The highest BCUT2D eigenvalue weighted by Gasteiger charge is 2.50. The average Bonchev–Trinajstić information content (AvgIpc) is 3.14. The zero-order chi connectivity index (χ0) is 24.3. The van der Waals surface area contributed by atoms with Crippen molar-refractivity contribution in [3.05, 3.63) is 24.0 Å². The van der Waals surface area contributed by atoms with Crippen LogP contribution in [0.4, 0.5) is 13.2 Å². The number of carboxylic acid groups (broad SMARTS) is 1. The second kappa shape index (κ2) is 9.93. The smallest absolute Gasteiger partial charge is 0.475 e. The number of piperidine rings is 1. The molecule has 32 heavy (non-hydrogen) atoms. The van der Waals surface area contributed by atoms with Crippen LogP contribution in [0.15, 0.2) is 18.3 Å². The SMILES string of the molecule is CC(C)CN1CCN(C)C(=O)C12CCN(C(=O)c1cccn1C)CC2.O=C(O)C(F)(F)F. The summed E-state index contributed by atoms with van der Waals surface area (Å²) >= 11 is 0. The van der Waals surface area contributed by atoms with Crippen molar-refractivity contribution in [3.8, 4) is 0 Å². The minimum absolute atomic E-state index is 0.0642. The molecule has 0 aliphatic carbocycles. The summed E-state index contributed by atoms with van der Waals surface area (Å²) in [6.45, 7) is 8.32. The average molecular weight is 460 g/mol. The molecule has 8 nitrogen and oxygen atoms in total. The first-order chi connectivity index (χ1) is 14.8. The summed E-state index contributed by atoms with van der Waals surface area (Å²) in [7, 11) is 3.79. The summed E-state index contributed by atoms with van der Waals surface area (Å²) < 4.78 is 33.6. The lowest BCUT2D eigenvalue weighted by molar-refractivity contribution is -0.192. The topological polar surface area (TPSA) is 86.1 Å². The van der Waals surface area contributed by atoms with Crippen LogP contribution in [0.1, 0.15) is 37.2 Å². The van der Waals surface area contributed by atoms with E-state index in [4.69, 9.17) is 9.90 Å². The van der Waals surface area contributed by atoms with E-state index < -0.39 is 17.7 Å². The summed E-state index contributed by atoms with van der Waals surface area (Å²) in [5.74, 6) is -1.94. The van der Waals surface area contributed by atoms with Crippen LogP contribution in [-0.2, 0) is 16.6 Å². The number of carbonyl (C=O) groups is 3. The fourth-order valence-corrected chi connectivity index (χ4v) is 4.24. The van der Waals surface area contributed by atoms with Gasteiger partial charge in [0.25, 0.3) is 5.91 Å². The number of likely N-dealkylation sites (tertiary alicyclic amines) is 1. The predicted molar refractivity (Wildman–Crippen MR) is 111 cm³/mol. The fraction of sp³-hybridized carbons (Fsp3) is 0.667. The minimum Gasteiger partial charge on any atom is -0.475 e. The van der Waals surface area contributed by atoms with Crippen molar-refractivity contribution in [2.45, 2.75) is 38.4 Å². The summed E-state index contributed by atoms with van der Waals surface area (Å²) in [6, 6.07) is 3.75. The molecule has 1 aromatic heterocycles. The standard InChI is InChI=1S/C19H30N4O2.C2HF3O2/c1-15(2)14-23-13-12-21(4)18(25)19(23)7-10-22(11-8-19)17(24)16-6-5-9-20(16)3;3-2(4,5)1(6)7/h5-6,9,15H,7-8,10-14H2,1-4H3;(H,6,7). The summed E-state index contributed by atoms with van der Waals surface area (Å²) in [4.78, 5) is 40.8. The predicted octanol–water partition coefficient (Wildman–Crippen LogP) is 2.06. The molecule has 2 fully saturated rings. The number of alkyl halides is 3. The van der Waals surface area contributed by atoms with Gasteiger partial charge in [-0.25, -0.2) is 4.79 Å². The van der Waals surface area contributed by atoms with Gasteiger partial charge in [0, 0.05) is 53.0 Å². The molecule has 2 saturated heterocycles. The van der Waals surface area contributed by atoms with E-state index in [2.05, 4.69) is 18.7 Å². The molecule has 0 bridgehead atoms. The van der Waals surface area contributed by atoms with Gasteiger partial charge < -0.3 is 19.5 Å². The number of piperazine rings is 1. The van der Waals surface area contributed by atoms with Crippen molar-refractivity contribution < 1.29 is 32.7 Å². The van der Waals surface area contributed by atoms with E-state index in [-0.39, 0.29) is 11.8 Å². The molecule has 0 saturated carbocycles. The Labute approximate surface area is 185 Å². The number of likely N-dealkylation sites (N-methyl/N-ethyl adjacent to an activating group) is 1. The Balaban J connectivity index is 0.000000451. The number of aliphatic carboxylic acids is 1. The number of carboxylic acids is 1. The maximum atomic E-state index is 13.0. The summed E-state index contributed by atoms with van der Waals surface area (Å²) in [5.41, 5.74) is 0.282. The molecular weight excluding hydrogens is 429 g/mol. The molecule has 1 N–H and O–H groups in total. The number of halogens is 3. The van der Waals surface area contributed by atoms with Gasteiger partial charge in [-0.2, -0.15) is 13.2 Å². The van der Waals surface area contributed by atoms with E-state index >= 15 is 0 Å². The Kier molecular flexibility index (Phi) is 7.97. The molecule has 0 atom stereocenters. The van der Waals surface area contributed by atoms with Crippen LogP contribution >= 0.6 is 0 Å². The Hall–Kier alpha value is -2.56. The highest BCUT2D eigenvalue weighted by Crippen LogP contribution is 2.34. The quantitative estimate of drug-likeness (QED) is 0.747. The molecule has 1 aromatic rings. The number of hydrogen-bond donors (Lipinski definition) is 1. The molecule has 180 valence electrons. The Morgan fingerprint density at radius 2 is 1.69 bits per heavy atom. The van der Waals surface area contributed by atoms with Crippen LogP contribution in [0.3, 0.4) is 0 Å². The molecule has 11 heteroatoms. The van der Waals surface area contributed by atoms with Crippen molar-refractivity contribution in [3.63, 3.8) is 0 Å². The lowest BCUT2D eigenvalue weighted by atomic mass is 9.82. The van der Waals surface area contributed by atoms with Gasteiger partial charge in [0.2, 0.25) is 5.91 Å². The Bertz CT molecular complexity index is 829. The van der Waals surface area contributed by atoms with Crippen molar-refractivity contribution in [2.75, 3.05) is 39.8 Å². The number of aromatic nitrogens is 1. The molecule has 2 aliphatic rings. The Morgan fingerprint density at radius 1 is 1.12 bits per heavy atom. The molecule has 0 aromatic carbocycles. The first-order valence-electron chi connectivity index (χ1n) is 10.5. The van der Waals surface area contributed by atoms with E-state index in [0.717, 1.165) is 32.5 Å². The van der Waals surface area contributed by atoms with E-state index in [1.165, 1.54) is 0 Å². The van der Waals surface area contributed by atoms with Gasteiger partial charge in [0.15, 0.2) is 0 Å². The van der Waals surface area contributed by atoms with Crippen molar-refractivity contribution >= 4 is 17.8 Å². The Morgan fingerprint density at radius 3 is 2.12 bits per heavy atom. The number of hydrogen-bond acceptors (Lipinski definition) is 4. The molecule has 0 unspecified atom stereocenters. The van der Waals surface area contributed by atoms with Crippen molar-refractivity contribution in [2.24, 2.45) is 13.0 Å². The molecule has 2 aliphatic heterocycles. The maximum absolute atomic E-state index is 13.0. The molecule has 3 rings (SSSR count). The molecule has 0 radical (unpaired) electrons. The number of aryl methyl sites for hydroxylation is 1. The third-order valence-electron chi connectivity index (χ3n) is 5.92. The van der Waals surface area contributed by atoms with Crippen molar-refractivity contribution in [1.82, 2.24) is 19.3 Å². The van der Waals surface area contributed by atoms with Gasteiger partial charge in [-0.05, 0) is 30.9 Å². The normalized spacial score (nSPS) is 19.2. The molecule has 1 spiro atoms. The zero-order valence-corrected chi connectivity index (χ0v) is 18.9. The van der Waals surface area contributed by atoms with Crippen LogP contribution in [0.5, 0.6) is 0 Å². The molecule has 3 heterocycles. The van der Waals surface area contributed by atoms with Gasteiger partial charge >= 0.3 is 12.1 Å². The van der Waals surface area contributed by atoms with Gasteiger partial charge in [-0.1, -0.05) is 13.8 Å². The number of amides is 2. The van der Waals surface area contributed by atoms with Gasteiger partial charge in [0.05, 0.1) is 0 Å². The van der Waals surface area contributed by atoms with Gasteiger partial charge in [-0.15, -0.1) is 0 Å². The lowest BCUT2D eigenvalue weighted by Crippen LogP contribution is -2.68. The second-order valence-corrected chi connectivity index (χ2v) is 8.70. The first kappa shape index (κ1) is 25.7. The third-order valence-corrected chi connectivity index (χ3v) is 5.92. The highest BCUT2D eigenvalue weighted by molar-refractivity contribution is 5.93. The largest absolute Gasteiger partial charge is 0.490 e. The minimum atomic E-state index is -5.08. The van der Waals surface area contributed by atoms with Crippen LogP contribution in [0, 0.1) is 5.92 Å². The third kappa shape index (κ3) is 5.62. The van der Waals surface area contributed by atoms with Crippen LogP contribution in [-0.4, -0.2) is 93.6 Å². The number of carbonyl (C=O) groups excluding carboxylic acids is 2. The zero-order valence-electron chi connectivity index (χ0n) is 18.9. The van der Waals surface area contributed by atoms with Gasteiger partial charge in [0.1, 0.15) is 11.2 Å². The van der Waals surface area contributed by atoms with E-state index in [1.807, 2.05) is 46.8 Å². The maximum Gasteiger partial charge on any atom is 0.490 e. The summed E-state index contributed by atoms with van der Waals surface area (Å²) in [6.07, 6.45) is -1.75. The van der Waals surface area contributed by atoms with Crippen LogP contribution < -0.4 is 0 Å². The lowest BCUT2D eigenvalue weighted by Gasteiger charge is -2.52. The summed E-state index contributed by atoms with van der Waals surface area (Å²) in [5, 5.41) is 7.12. The monoisotopic (exact) mass is 460 g/mol. The number of nitrogens with zero attached hydrogens (tertiary/aromatic N) is 4. The molecular formula is C21H31F3N4O4. The van der Waals surface area contributed by atoms with Crippen LogP contribution in [0.2, 0.25) is 0 Å². The fourth-order valence-electron chi connectivity index (χ4n) is 4.24.